The Morgan fingerprint density at radius 1 is 1.40 bits per heavy atom. The number of aliphatic carboxylic acids is 1. The number of carbonyl (C=O) groups is 2. The highest BCUT2D eigenvalue weighted by Gasteiger charge is 2.31. The van der Waals surface area contributed by atoms with E-state index in [4.69, 9.17) is 14.9 Å². The zero-order chi connectivity index (χ0) is 15.2. The zero-order valence-corrected chi connectivity index (χ0v) is 11.5. The van der Waals surface area contributed by atoms with Crippen molar-refractivity contribution in [3.63, 3.8) is 0 Å². The Labute approximate surface area is 117 Å². The maximum atomic E-state index is 11.8. The van der Waals surface area contributed by atoms with Gasteiger partial charge in [0, 0.05) is 13.1 Å². The Morgan fingerprint density at radius 3 is 2.50 bits per heavy atom. The highest BCUT2D eigenvalue weighted by Crippen LogP contribution is 2.13. The van der Waals surface area contributed by atoms with Gasteiger partial charge in [0.25, 0.3) is 0 Å². The summed E-state index contributed by atoms with van der Waals surface area (Å²) in [5.41, 5.74) is -1.97. The Kier molecular flexibility index (Phi) is 6.18. The number of carbonyl (C=O) groups excluding carboxylic acids is 1. The van der Waals surface area contributed by atoms with Gasteiger partial charge in [-0.2, -0.15) is 0 Å². The van der Waals surface area contributed by atoms with Gasteiger partial charge in [-0.05, 0) is 19.8 Å². The summed E-state index contributed by atoms with van der Waals surface area (Å²) < 4.78 is 5.38. The molecule has 20 heavy (non-hydrogen) atoms. The molecular formula is C12H22N2O6. The molecule has 0 aromatic heterocycles. The summed E-state index contributed by atoms with van der Waals surface area (Å²) in [7, 11) is 0. The van der Waals surface area contributed by atoms with E-state index in [0.717, 1.165) is 6.92 Å². The van der Waals surface area contributed by atoms with Crippen molar-refractivity contribution >= 4 is 12.0 Å². The SMILES string of the molecule is CC(O)(CNC(=O)N1CCC(OCCO)CC1)C(=O)O. The molecule has 1 fully saturated rings. The molecule has 0 radical (unpaired) electrons. The van der Waals surface area contributed by atoms with Crippen LogP contribution in [0.15, 0.2) is 0 Å². The van der Waals surface area contributed by atoms with E-state index in [2.05, 4.69) is 5.32 Å². The molecule has 1 rings (SSSR count). The fraction of sp³-hybridized carbons (Fsp3) is 0.833. The minimum Gasteiger partial charge on any atom is -0.479 e. The van der Waals surface area contributed by atoms with Gasteiger partial charge in [0.05, 0.1) is 25.9 Å². The summed E-state index contributed by atoms with van der Waals surface area (Å²) in [4.78, 5) is 24.1. The average molecular weight is 290 g/mol. The molecule has 1 atom stereocenters. The lowest BCUT2D eigenvalue weighted by Gasteiger charge is -2.32. The van der Waals surface area contributed by atoms with E-state index in [9.17, 15) is 14.7 Å². The molecular weight excluding hydrogens is 268 g/mol. The highest BCUT2D eigenvalue weighted by molar-refractivity contribution is 5.79. The Morgan fingerprint density at radius 2 is 2.00 bits per heavy atom. The lowest BCUT2D eigenvalue weighted by atomic mass is 10.1. The molecule has 0 bridgehead atoms. The van der Waals surface area contributed by atoms with Gasteiger partial charge in [-0.25, -0.2) is 9.59 Å². The molecule has 0 aliphatic carbocycles. The van der Waals surface area contributed by atoms with E-state index in [1.54, 1.807) is 4.90 Å². The fourth-order valence-corrected chi connectivity index (χ4v) is 1.88. The molecule has 1 aliphatic rings. The number of likely N-dealkylation sites (tertiary alicyclic amines) is 1. The normalized spacial score (nSPS) is 19.4. The maximum absolute atomic E-state index is 11.8. The van der Waals surface area contributed by atoms with Crippen LogP contribution in [0.3, 0.4) is 0 Å². The average Bonchev–Trinajstić information content (AvgIpc) is 2.43. The van der Waals surface area contributed by atoms with Crippen LogP contribution in [-0.2, 0) is 9.53 Å². The van der Waals surface area contributed by atoms with E-state index >= 15 is 0 Å². The number of piperidine rings is 1. The van der Waals surface area contributed by atoms with Crippen molar-refractivity contribution in [2.45, 2.75) is 31.5 Å². The summed E-state index contributed by atoms with van der Waals surface area (Å²) in [6.45, 7) is 2.05. The first-order valence-electron chi connectivity index (χ1n) is 6.58. The van der Waals surface area contributed by atoms with Crippen molar-refractivity contribution in [1.82, 2.24) is 10.2 Å². The molecule has 8 heteroatoms. The first-order chi connectivity index (χ1) is 9.36. The second kappa shape index (κ2) is 7.41. The molecule has 116 valence electrons. The molecule has 0 aromatic carbocycles. The van der Waals surface area contributed by atoms with Crippen LogP contribution in [-0.4, -0.2) is 76.8 Å². The van der Waals surface area contributed by atoms with Crippen LogP contribution in [0.5, 0.6) is 0 Å². The van der Waals surface area contributed by atoms with Crippen molar-refractivity contribution < 1.29 is 29.6 Å². The fourth-order valence-electron chi connectivity index (χ4n) is 1.88. The number of hydrogen-bond donors (Lipinski definition) is 4. The molecule has 2 amide bonds. The molecule has 8 nitrogen and oxygen atoms in total. The molecule has 1 aliphatic heterocycles. The van der Waals surface area contributed by atoms with Gasteiger partial charge in [0.1, 0.15) is 0 Å². The van der Waals surface area contributed by atoms with Crippen LogP contribution in [0.25, 0.3) is 0 Å². The standard InChI is InChI=1S/C12H22N2O6/c1-12(19,10(16)17)8-13-11(18)14-4-2-9(3-5-14)20-7-6-15/h9,15,19H,2-8H2,1H3,(H,13,18)(H,16,17). The third-order valence-electron chi connectivity index (χ3n) is 3.22. The van der Waals surface area contributed by atoms with Crippen molar-refractivity contribution in [1.29, 1.82) is 0 Å². The summed E-state index contributed by atoms with van der Waals surface area (Å²) in [5.74, 6) is -1.38. The van der Waals surface area contributed by atoms with Crippen LogP contribution >= 0.6 is 0 Å². The van der Waals surface area contributed by atoms with Crippen molar-refractivity contribution in [2.75, 3.05) is 32.8 Å². The topological polar surface area (TPSA) is 119 Å². The molecule has 1 unspecified atom stereocenters. The van der Waals surface area contributed by atoms with Crippen LogP contribution in [0.4, 0.5) is 4.79 Å². The summed E-state index contributed by atoms with van der Waals surface area (Å²) in [6, 6.07) is -0.396. The summed E-state index contributed by atoms with van der Waals surface area (Å²) in [6.07, 6.45) is 1.37. The number of carboxylic acids is 1. The van der Waals surface area contributed by atoms with Gasteiger partial charge in [0.15, 0.2) is 5.60 Å². The summed E-state index contributed by atoms with van der Waals surface area (Å²) >= 11 is 0. The number of nitrogens with zero attached hydrogens (tertiary/aromatic N) is 1. The second-order valence-corrected chi connectivity index (χ2v) is 5.02. The van der Waals surface area contributed by atoms with Crippen molar-refractivity contribution in [3.8, 4) is 0 Å². The Hall–Kier alpha value is -1.38. The second-order valence-electron chi connectivity index (χ2n) is 5.02. The van der Waals surface area contributed by atoms with E-state index in [1.165, 1.54) is 0 Å². The zero-order valence-electron chi connectivity index (χ0n) is 11.5. The third kappa shape index (κ3) is 4.95. The number of nitrogens with one attached hydrogen (secondary N) is 1. The van der Waals surface area contributed by atoms with Gasteiger partial charge in [0.2, 0.25) is 0 Å². The highest BCUT2D eigenvalue weighted by atomic mass is 16.5. The third-order valence-corrected chi connectivity index (χ3v) is 3.22. The van der Waals surface area contributed by atoms with E-state index in [-0.39, 0.29) is 19.3 Å². The maximum Gasteiger partial charge on any atom is 0.337 e. The molecule has 4 N–H and O–H groups in total. The lowest BCUT2D eigenvalue weighted by Crippen LogP contribution is -2.52. The van der Waals surface area contributed by atoms with Gasteiger partial charge < -0.3 is 30.3 Å². The predicted molar refractivity (Wildman–Crippen MR) is 69.3 cm³/mol. The van der Waals surface area contributed by atoms with Crippen LogP contribution < -0.4 is 5.32 Å². The number of rotatable bonds is 6. The summed E-state index contributed by atoms with van der Waals surface area (Å²) in [5, 5.41) is 29.3. The van der Waals surface area contributed by atoms with Crippen LogP contribution in [0, 0.1) is 0 Å². The minimum absolute atomic E-state index is 0.0228. The minimum atomic E-state index is -1.97. The van der Waals surface area contributed by atoms with Crippen molar-refractivity contribution in [3.05, 3.63) is 0 Å². The van der Waals surface area contributed by atoms with E-state index in [0.29, 0.717) is 32.5 Å². The number of aliphatic hydroxyl groups is 2. The molecule has 1 heterocycles. The smallest absolute Gasteiger partial charge is 0.337 e. The number of hydrogen-bond acceptors (Lipinski definition) is 5. The first-order valence-corrected chi connectivity index (χ1v) is 6.58. The largest absolute Gasteiger partial charge is 0.479 e. The van der Waals surface area contributed by atoms with E-state index < -0.39 is 17.6 Å². The number of urea groups is 1. The van der Waals surface area contributed by atoms with Gasteiger partial charge in [-0.3, -0.25) is 0 Å². The first kappa shape index (κ1) is 16.7. The molecule has 0 aromatic rings. The number of ether oxygens (including phenoxy) is 1. The van der Waals surface area contributed by atoms with Crippen LogP contribution in [0.1, 0.15) is 19.8 Å². The lowest BCUT2D eigenvalue weighted by molar-refractivity contribution is -0.155. The molecule has 0 spiro atoms. The van der Waals surface area contributed by atoms with Gasteiger partial charge >= 0.3 is 12.0 Å². The number of amides is 2. The van der Waals surface area contributed by atoms with Gasteiger partial charge in [-0.1, -0.05) is 0 Å². The molecule has 1 saturated heterocycles. The monoisotopic (exact) mass is 290 g/mol. The molecule has 0 saturated carbocycles. The Balaban J connectivity index is 2.31. The Bertz CT molecular complexity index is 339. The number of aliphatic hydroxyl groups excluding tert-OH is 1. The predicted octanol–water partition coefficient (Wildman–Crippen LogP) is -0.995. The van der Waals surface area contributed by atoms with Crippen LogP contribution in [0.2, 0.25) is 0 Å². The quantitative estimate of drug-likeness (QED) is 0.498. The number of carboxylic acid groups (broad SMARTS) is 1. The van der Waals surface area contributed by atoms with E-state index in [1.807, 2.05) is 0 Å². The van der Waals surface area contributed by atoms with Crippen molar-refractivity contribution in [2.24, 2.45) is 0 Å². The van der Waals surface area contributed by atoms with Gasteiger partial charge in [-0.15, -0.1) is 0 Å².